The topological polar surface area (TPSA) is 46.3 Å². The summed E-state index contributed by atoms with van der Waals surface area (Å²) in [4.78, 5) is 14.9. The van der Waals surface area contributed by atoms with Crippen LogP contribution in [-0.4, -0.2) is 28.4 Å². The first kappa shape index (κ1) is 15.4. The number of thiocarbonyl (C=S) groups is 1. The van der Waals surface area contributed by atoms with Crippen molar-refractivity contribution < 1.29 is 4.79 Å². The van der Waals surface area contributed by atoms with E-state index in [1.54, 1.807) is 0 Å². The van der Waals surface area contributed by atoms with Crippen LogP contribution in [0, 0.1) is 11.8 Å². The van der Waals surface area contributed by atoms with Crippen molar-refractivity contribution in [2.45, 2.75) is 58.9 Å². The van der Waals surface area contributed by atoms with Crippen LogP contribution in [0.15, 0.2) is 0 Å². The van der Waals surface area contributed by atoms with E-state index in [2.05, 4.69) is 6.92 Å². The molecule has 0 spiro atoms. The molecule has 104 valence electrons. The molecule has 0 aliphatic heterocycles. The molecule has 2 unspecified atom stereocenters. The summed E-state index contributed by atoms with van der Waals surface area (Å²) in [6.45, 7) is 6.86. The highest BCUT2D eigenvalue weighted by Gasteiger charge is 2.31. The quantitative estimate of drug-likeness (QED) is 0.781. The van der Waals surface area contributed by atoms with E-state index in [0.29, 0.717) is 29.9 Å². The predicted molar refractivity (Wildman–Crippen MR) is 79.4 cm³/mol. The zero-order valence-corrected chi connectivity index (χ0v) is 12.6. The SMILES string of the molecule is CC(C)C(=O)N(CCC(N)=S)C1CCCCC1C. The second kappa shape index (κ2) is 7.07. The summed E-state index contributed by atoms with van der Waals surface area (Å²) in [5, 5.41) is 0. The van der Waals surface area contributed by atoms with Gasteiger partial charge in [0.05, 0.1) is 4.99 Å². The third kappa shape index (κ3) is 4.23. The van der Waals surface area contributed by atoms with Crippen molar-refractivity contribution in [2.75, 3.05) is 6.54 Å². The number of hydrogen-bond donors (Lipinski definition) is 1. The second-order valence-corrected chi connectivity index (χ2v) is 6.26. The summed E-state index contributed by atoms with van der Waals surface area (Å²) in [7, 11) is 0. The molecule has 0 heterocycles. The van der Waals surface area contributed by atoms with Gasteiger partial charge in [-0.15, -0.1) is 0 Å². The Balaban J connectivity index is 2.74. The molecule has 1 aliphatic rings. The normalized spacial score (nSPS) is 24.0. The van der Waals surface area contributed by atoms with E-state index in [-0.39, 0.29) is 11.8 Å². The first-order valence-corrected chi connectivity index (χ1v) is 7.43. The highest BCUT2D eigenvalue weighted by molar-refractivity contribution is 7.80. The van der Waals surface area contributed by atoms with Gasteiger partial charge in [0.15, 0.2) is 0 Å². The van der Waals surface area contributed by atoms with Crippen molar-refractivity contribution in [1.82, 2.24) is 4.90 Å². The zero-order chi connectivity index (χ0) is 13.7. The summed E-state index contributed by atoms with van der Waals surface area (Å²) < 4.78 is 0. The number of carbonyl (C=O) groups is 1. The Morgan fingerprint density at radius 3 is 2.50 bits per heavy atom. The summed E-state index contributed by atoms with van der Waals surface area (Å²) in [6, 6.07) is 0.378. The molecule has 1 amide bonds. The van der Waals surface area contributed by atoms with E-state index in [9.17, 15) is 4.79 Å². The number of carbonyl (C=O) groups excluding carboxylic acids is 1. The van der Waals surface area contributed by atoms with E-state index in [1.807, 2.05) is 18.7 Å². The molecule has 18 heavy (non-hydrogen) atoms. The molecular weight excluding hydrogens is 244 g/mol. The molecule has 3 nitrogen and oxygen atoms in total. The summed E-state index contributed by atoms with van der Waals surface area (Å²) >= 11 is 4.94. The third-order valence-corrected chi connectivity index (χ3v) is 4.05. The van der Waals surface area contributed by atoms with Gasteiger partial charge in [-0.25, -0.2) is 0 Å². The highest BCUT2D eigenvalue weighted by Crippen LogP contribution is 2.29. The molecular formula is C14H26N2OS. The molecule has 1 saturated carbocycles. The number of amides is 1. The van der Waals surface area contributed by atoms with Crippen LogP contribution in [0.5, 0.6) is 0 Å². The average molecular weight is 270 g/mol. The van der Waals surface area contributed by atoms with Gasteiger partial charge in [0.2, 0.25) is 5.91 Å². The standard InChI is InChI=1S/C14H26N2OS/c1-10(2)14(17)16(9-8-13(15)18)12-7-5-4-6-11(12)3/h10-12H,4-9H2,1-3H3,(H2,15,18). The lowest BCUT2D eigenvalue weighted by Gasteiger charge is -2.39. The van der Waals surface area contributed by atoms with Crippen molar-refractivity contribution in [3.63, 3.8) is 0 Å². The minimum Gasteiger partial charge on any atom is -0.393 e. The van der Waals surface area contributed by atoms with Gasteiger partial charge in [-0.3, -0.25) is 4.79 Å². The lowest BCUT2D eigenvalue weighted by atomic mass is 9.84. The minimum atomic E-state index is 0.0467. The monoisotopic (exact) mass is 270 g/mol. The van der Waals surface area contributed by atoms with Crippen LogP contribution >= 0.6 is 12.2 Å². The molecule has 0 aromatic rings. The van der Waals surface area contributed by atoms with Gasteiger partial charge >= 0.3 is 0 Å². The van der Waals surface area contributed by atoms with E-state index in [1.165, 1.54) is 19.3 Å². The molecule has 2 atom stereocenters. The Bertz CT molecular complexity index is 304. The van der Waals surface area contributed by atoms with Crippen molar-refractivity contribution in [1.29, 1.82) is 0 Å². The Kier molecular flexibility index (Phi) is 6.06. The van der Waals surface area contributed by atoms with Crippen LogP contribution in [0.25, 0.3) is 0 Å². The van der Waals surface area contributed by atoms with E-state index in [4.69, 9.17) is 18.0 Å². The summed E-state index contributed by atoms with van der Waals surface area (Å²) in [5.74, 6) is 0.878. The Morgan fingerprint density at radius 2 is 2.00 bits per heavy atom. The van der Waals surface area contributed by atoms with E-state index in [0.717, 1.165) is 6.42 Å². The fourth-order valence-corrected chi connectivity index (χ4v) is 2.85. The number of nitrogens with two attached hydrogens (primary N) is 1. The maximum Gasteiger partial charge on any atom is 0.225 e. The Hall–Kier alpha value is -0.640. The smallest absolute Gasteiger partial charge is 0.225 e. The zero-order valence-electron chi connectivity index (χ0n) is 11.8. The molecule has 2 N–H and O–H groups in total. The highest BCUT2D eigenvalue weighted by atomic mass is 32.1. The largest absolute Gasteiger partial charge is 0.393 e. The van der Waals surface area contributed by atoms with Crippen molar-refractivity contribution >= 4 is 23.1 Å². The van der Waals surface area contributed by atoms with Crippen LogP contribution < -0.4 is 5.73 Å². The molecule has 0 bridgehead atoms. The molecule has 1 aliphatic carbocycles. The molecule has 0 radical (unpaired) electrons. The van der Waals surface area contributed by atoms with Crippen LogP contribution in [0.2, 0.25) is 0 Å². The second-order valence-electron chi connectivity index (χ2n) is 5.73. The van der Waals surface area contributed by atoms with Gasteiger partial charge in [0.1, 0.15) is 0 Å². The molecule has 0 aromatic heterocycles. The van der Waals surface area contributed by atoms with Crippen LogP contribution in [0.1, 0.15) is 52.9 Å². The van der Waals surface area contributed by atoms with Gasteiger partial charge in [-0.05, 0) is 18.8 Å². The van der Waals surface area contributed by atoms with Gasteiger partial charge in [0.25, 0.3) is 0 Å². The van der Waals surface area contributed by atoms with Crippen molar-refractivity contribution in [2.24, 2.45) is 17.6 Å². The van der Waals surface area contributed by atoms with E-state index < -0.39 is 0 Å². The fraction of sp³-hybridized carbons (Fsp3) is 0.857. The van der Waals surface area contributed by atoms with Crippen LogP contribution in [0.3, 0.4) is 0 Å². The fourth-order valence-electron chi connectivity index (χ4n) is 2.76. The van der Waals surface area contributed by atoms with Gasteiger partial charge in [0, 0.05) is 24.9 Å². The maximum absolute atomic E-state index is 12.3. The van der Waals surface area contributed by atoms with Crippen LogP contribution in [-0.2, 0) is 4.79 Å². The molecule has 0 aromatic carbocycles. The Morgan fingerprint density at radius 1 is 1.39 bits per heavy atom. The first-order valence-electron chi connectivity index (χ1n) is 7.02. The Labute approximate surface area is 116 Å². The molecule has 1 fully saturated rings. The van der Waals surface area contributed by atoms with Crippen molar-refractivity contribution in [3.05, 3.63) is 0 Å². The minimum absolute atomic E-state index is 0.0467. The van der Waals surface area contributed by atoms with E-state index >= 15 is 0 Å². The first-order chi connectivity index (χ1) is 8.43. The lowest BCUT2D eigenvalue weighted by molar-refractivity contribution is -0.138. The van der Waals surface area contributed by atoms with Crippen LogP contribution in [0.4, 0.5) is 0 Å². The summed E-state index contributed by atoms with van der Waals surface area (Å²) in [6.07, 6.45) is 5.49. The van der Waals surface area contributed by atoms with Gasteiger partial charge in [-0.2, -0.15) is 0 Å². The lowest BCUT2D eigenvalue weighted by Crippen LogP contribution is -2.48. The van der Waals surface area contributed by atoms with Gasteiger partial charge < -0.3 is 10.6 Å². The number of nitrogens with zero attached hydrogens (tertiary/aromatic N) is 1. The average Bonchev–Trinajstić information content (AvgIpc) is 2.30. The third-order valence-electron chi connectivity index (χ3n) is 3.84. The number of hydrogen-bond acceptors (Lipinski definition) is 2. The summed E-state index contributed by atoms with van der Waals surface area (Å²) in [5.41, 5.74) is 5.57. The molecule has 4 heteroatoms. The van der Waals surface area contributed by atoms with Crippen molar-refractivity contribution in [3.8, 4) is 0 Å². The molecule has 0 saturated heterocycles. The number of rotatable bonds is 5. The molecule has 1 rings (SSSR count). The predicted octanol–water partition coefficient (Wildman–Crippen LogP) is 2.73. The van der Waals surface area contributed by atoms with Gasteiger partial charge in [-0.1, -0.05) is 45.8 Å². The maximum atomic E-state index is 12.3.